The maximum Gasteiger partial charge on any atom is 0.273 e. The zero-order valence-electron chi connectivity index (χ0n) is 19.6. The van der Waals surface area contributed by atoms with E-state index in [-0.39, 0.29) is 5.91 Å². The highest BCUT2D eigenvalue weighted by Crippen LogP contribution is 2.25. The minimum Gasteiger partial charge on any atom is -0.496 e. The molecule has 1 amide bonds. The second kappa shape index (κ2) is 11.1. The molecule has 31 heavy (non-hydrogen) atoms. The lowest BCUT2D eigenvalue weighted by molar-refractivity contribution is 0.0658. The van der Waals surface area contributed by atoms with Crippen LogP contribution in [0.2, 0.25) is 0 Å². The lowest BCUT2D eigenvalue weighted by Crippen LogP contribution is -2.42. The molecule has 1 aromatic carbocycles. The third-order valence-corrected chi connectivity index (χ3v) is 7.03. The first-order valence-electron chi connectivity index (χ1n) is 11.5. The monoisotopic (exact) mass is 443 g/mol. The van der Waals surface area contributed by atoms with E-state index in [0.717, 1.165) is 56.3 Å². The third-order valence-electron chi connectivity index (χ3n) is 5.88. The van der Waals surface area contributed by atoms with Gasteiger partial charge in [-0.3, -0.25) is 9.69 Å². The number of carbonyl (C=O) groups is 1. The van der Waals surface area contributed by atoms with E-state index in [2.05, 4.69) is 49.7 Å². The Morgan fingerprint density at radius 3 is 2.55 bits per heavy atom. The highest BCUT2D eigenvalue weighted by atomic mass is 32.1. The molecule has 2 heterocycles. The third kappa shape index (κ3) is 6.53. The number of thiazole rings is 1. The SMILES string of the molecule is COc1ccccc1CN1CCC(CN(CC(C)C)C(=O)c2csc(C(C)C)n2)CC1. The zero-order valence-corrected chi connectivity index (χ0v) is 20.5. The Morgan fingerprint density at radius 2 is 1.94 bits per heavy atom. The Balaban J connectivity index is 1.58. The first-order valence-corrected chi connectivity index (χ1v) is 12.3. The van der Waals surface area contributed by atoms with Gasteiger partial charge in [0.2, 0.25) is 0 Å². The molecule has 6 heteroatoms. The van der Waals surface area contributed by atoms with Crippen LogP contribution >= 0.6 is 11.3 Å². The molecule has 0 aliphatic carbocycles. The predicted octanol–water partition coefficient (Wildman–Crippen LogP) is 5.29. The van der Waals surface area contributed by atoms with Crippen molar-refractivity contribution < 1.29 is 9.53 Å². The summed E-state index contributed by atoms with van der Waals surface area (Å²) in [6, 6.07) is 8.26. The molecule has 0 bridgehead atoms. The van der Waals surface area contributed by atoms with E-state index in [1.165, 1.54) is 5.56 Å². The fourth-order valence-electron chi connectivity index (χ4n) is 4.21. The van der Waals surface area contributed by atoms with Gasteiger partial charge in [0.15, 0.2) is 0 Å². The van der Waals surface area contributed by atoms with Crippen molar-refractivity contribution in [1.29, 1.82) is 0 Å². The summed E-state index contributed by atoms with van der Waals surface area (Å²) in [7, 11) is 1.73. The van der Waals surface area contributed by atoms with Crippen LogP contribution in [-0.4, -0.2) is 54.0 Å². The van der Waals surface area contributed by atoms with Gasteiger partial charge in [-0.1, -0.05) is 45.9 Å². The van der Waals surface area contributed by atoms with Gasteiger partial charge in [0.1, 0.15) is 11.4 Å². The van der Waals surface area contributed by atoms with Gasteiger partial charge in [-0.05, 0) is 43.8 Å². The van der Waals surface area contributed by atoms with Gasteiger partial charge < -0.3 is 9.64 Å². The number of para-hydroxylation sites is 1. The molecule has 0 radical (unpaired) electrons. The summed E-state index contributed by atoms with van der Waals surface area (Å²) in [5, 5.41) is 2.97. The van der Waals surface area contributed by atoms with Crippen molar-refractivity contribution in [2.75, 3.05) is 33.3 Å². The second-order valence-corrected chi connectivity index (χ2v) is 10.3. The highest BCUT2D eigenvalue weighted by Gasteiger charge is 2.26. The van der Waals surface area contributed by atoms with Crippen LogP contribution in [0.5, 0.6) is 5.75 Å². The van der Waals surface area contributed by atoms with Crippen LogP contribution < -0.4 is 4.74 Å². The maximum absolute atomic E-state index is 13.2. The summed E-state index contributed by atoms with van der Waals surface area (Å²) < 4.78 is 5.51. The normalized spacial score (nSPS) is 15.6. The first kappa shape index (κ1) is 23.7. The van der Waals surface area contributed by atoms with E-state index in [0.29, 0.717) is 23.4 Å². The predicted molar refractivity (Wildman–Crippen MR) is 128 cm³/mol. The van der Waals surface area contributed by atoms with Crippen LogP contribution in [0.15, 0.2) is 29.6 Å². The minimum absolute atomic E-state index is 0.0910. The molecule has 0 spiro atoms. The molecule has 1 saturated heterocycles. The van der Waals surface area contributed by atoms with Gasteiger partial charge >= 0.3 is 0 Å². The number of benzene rings is 1. The summed E-state index contributed by atoms with van der Waals surface area (Å²) in [4.78, 5) is 22.4. The van der Waals surface area contributed by atoms with Gasteiger partial charge in [0.05, 0.1) is 12.1 Å². The summed E-state index contributed by atoms with van der Waals surface area (Å²) >= 11 is 1.60. The van der Waals surface area contributed by atoms with Crippen LogP contribution in [0.4, 0.5) is 0 Å². The molecule has 0 unspecified atom stereocenters. The number of rotatable bonds is 9. The van der Waals surface area contributed by atoms with Gasteiger partial charge in [-0.25, -0.2) is 4.98 Å². The van der Waals surface area contributed by atoms with Crippen molar-refractivity contribution in [2.24, 2.45) is 11.8 Å². The number of aromatic nitrogens is 1. The van der Waals surface area contributed by atoms with Crippen LogP contribution in [-0.2, 0) is 6.54 Å². The van der Waals surface area contributed by atoms with Crippen molar-refractivity contribution in [1.82, 2.24) is 14.8 Å². The van der Waals surface area contributed by atoms with Crippen molar-refractivity contribution in [3.05, 3.63) is 45.9 Å². The fourth-order valence-corrected chi connectivity index (χ4v) is 5.02. The lowest BCUT2D eigenvalue weighted by atomic mass is 9.95. The maximum atomic E-state index is 13.2. The molecule has 1 fully saturated rings. The van der Waals surface area contributed by atoms with E-state index < -0.39 is 0 Å². The molecule has 3 rings (SSSR count). The number of hydrogen-bond acceptors (Lipinski definition) is 5. The number of likely N-dealkylation sites (tertiary alicyclic amines) is 1. The molecule has 170 valence electrons. The highest BCUT2D eigenvalue weighted by molar-refractivity contribution is 7.09. The Morgan fingerprint density at radius 1 is 1.23 bits per heavy atom. The Labute approximate surface area is 191 Å². The van der Waals surface area contributed by atoms with E-state index in [9.17, 15) is 4.79 Å². The molecule has 1 aliphatic rings. The van der Waals surface area contributed by atoms with Crippen LogP contribution in [0.25, 0.3) is 0 Å². The largest absolute Gasteiger partial charge is 0.496 e. The topological polar surface area (TPSA) is 45.7 Å². The fraction of sp³-hybridized carbons (Fsp3) is 0.600. The van der Waals surface area contributed by atoms with Crippen molar-refractivity contribution in [3.8, 4) is 5.75 Å². The molecular formula is C25H37N3O2S. The molecule has 1 aromatic heterocycles. The molecule has 5 nitrogen and oxygen atoms in total. The van der Waals surface area contributed by atoms with E-state index in [4.69, 9.17) is 4.74 Å². The summed E-state index contributed by atoms with van der Waals surface area (Å²) in [6.07, 6.45) is 2.23. The number of ether oxygens (including phenoxy) is 1. The number of piperidine rings is 1. The molecule has 0 atom stereocenters. The smallest absolute Gasteiger partial charge is 0.273 e. The lowest BCUT2D eigenvalue weighted by Gasteiger charge is -2.35. The van der Waals surface area contributed by atoms with Crippen molar-refractivity contribution >= 4 is 17.2 Å². The molecule has 2 aromatic rings. The quantitative estimate of drug-likeness (QED) is 0.529. The van der Waals surface area contributed by atoms with Crippen molar-refractivity contribution in [3.63, 3.8) is 0 Å². The van der Waals surface area contributed by atoms with Crippen molar-refractivity contribution in [2.45, 2.75) is 53.0 Å². The Bertz CT molecular complexity index is 841. The van der Waals surface area contributed by atoms with E-state index >= 15 is 0 Å². The number of carbonyl (C=O) groups excluding carboxylic acids is 1. The van der Waals surface area contributed by atoms with Crippen LogP contribution in [0, 0.1) is 11.8 Å². The average Bonchev–Trinajstić information content (AvgIpc) is 3.25. The van der Waals surface area contributed by atoms with E-state index in [1.807, 2.05) is 22.4 Å². The molecule has 1 aliphatic heterocycles. The minimum atomic E-state index is 0.0910. The van der Waals surface area contributed by atoms with Gasteiger partial charge in [-0.15, -0.1) is 11.3 Å². The van der Waals surface area contributed by atoms with Gasteiger partial charge in [0, 0.05) is 36.5 Å². The number of nitrogens with zero attached hydrogens (tertiary/aromatic N) is 3. The van der Waals surface area contributed by atoms with Crippen LogP contribution in [0.3, 0.4) is 0 Å². The molecule has 0 N–H and O–H groups in total. The summed E-state index contributed by atoms with van der Waals surface area (Å²) in [5.74, 6) is 2.39. The van der Waals surface area contributed by atoms with Gasteiger partial charge in [-0.2, -0.15) is 0 Å². The molecular weight excluding hydrogens is 406 g/mol. The number of methoxy groups -OCH3 is 1. The van der Waals surface area contributed by atoms with Crippen LogP contribution in [0.1, 0.15) is 67.5 Å². The Hall–Kier alpha value is -1.92. The average molecular weight is 444 g/mol. The summed E-state index contributed by atoms with van der Waals surface area (Å²) in [5.41, 5.74) is 1.85. The zero-order chi connectivity index (χ0) is 22.4. The number of hydrogen-bond donors (Lipinski definition) is 0. The van der Waals surface area contributed by atoms with E-state index in [1.54, 1.807) is 18.4 Å². The second-order valence-electron chi connectivity index (χ2n) is 9.36. The standard InChI is InChI=1S/C25H37N3O2S/c1-18(2)14-28(25(29)22-17-31-24(26-22)19(3)4)15-20-10-12-27(13-11-20)16-21-8-6-7-9-23(21)30-5/h6-9,17-20H,10-16H2,1-5H3. The van der Waals surface area contributed by atoms with Gasteiger partial charge in [0.25, 0.3) is 5.91 Å². The number of amides is 1. The Kier molecular flexibility index (Phi) is 8.50. The summed E-state index contributed by atoms with van der Waals surface area (Å²) in [6.45, 7) is 13.2. The molecule has 0 saturated carbocycles. The first-order chi connectivity index (χ1) is 14.9.